The number of ether oxygens (including phenoxy) is 1. The molecule has 3 rings (SSSR count). The molecule has 26 heavy (non-hydrogen) atoms. The van der Waals surface area contributed by atoms with Crippen molar-refractivity contribution in [2.75, 3.05) is 7.11 Å². The van der Waals surface area contributed by atoms with Crippen molar-refractivity contribution in [3.05, 3.63) is 60.5 Å². The first-order valence-corrected chi connectivity index (χ1v) is 9.18. The molecular formula is C18H16N2O5S. The number of hydrogen-bond acceptors (Lipinski definition) is 6. The number of carbonyl (C=O) groups is 1. The van der Waals surface area contributed by atoms with E-state index in [1.807, 2.05) is 30.3 Å². The van der Waals surface area contributed by atoms with Crippen LogP contribution in [-0.4, -0.2) is 26.5 Å². The molecule has 1 aromatic heterocycles. The Bertz CT molecular complexity index is 1030. The number of nitrogens with two attached hydrogens (primary N) is 1. The van der Waals surface area contributed by atoms with Crippen LogP contribution in [0.5, 0.6) is 0 Å². The lowest BCUT2D eigenvalue weighted by Crippen LogP contribution is -2.11. The average molecular weight is 372 g/mol. The number of sulfonamides is 1. The van der Waals surface area contributed by atoms with E-state index in [0.29, 0.717) is 17.0 Å². The maximum absolute atomic E-state index is 11.5. The summed E-state index contributed by atoms with van der Waals surface area (Å²) in [6.07, 6.45) is -0.106. The van der Waals surface area contributed by atoms with Gasteiger partial charge in [-0.1, -0.05) is 42.5 Å². The van der Waals surface area contributed by atoms with Crippen LogP contribution in [0.4, 0.5) is 0 Å². The fourth-order valence-corrected chi connectivity index (χ4v) is 2.93. The van der Waals surface area contributed by atoms with Gasteiger partial charge in [-0.15, -0.1) is 0 Å². The van der Waals surface area contributed by atoms with Crippen molar-refractivity contribution >= 4 is 16.0 Å². The van der Waals surface area contributed by atoms with Gasteiger partial charge < -0.3 is 9.15 Å². The van der Waals surface area contributed by atoms with Crippen LogP contribution < -0.4 is 5.14 Å². The molecule has 0 aliphatic rings. The molecule has 8 heteroatoms. The van der Waals surface area contributed by atoms with E-state index < -0.39 is 16.0 Å². The Morgan fingerprint density at radius 2 is 1.73 bits per heavy atom. The molecular weight excluding hydrogens is 356 g/mol. The highest BCUT2D eigenvalue weighted by Crippen LogP contribution is 2.33. The number of oxazole rings is 1. The summed E-state index contributed by atoms with van der Waals surface area (Å²) >= 11 is 0. The van der Waals surface area contributed by atoms with Crippen LogP contribution in [0.15, 0.2) is 63.9 Å². The van der Waals surface area contributed by atoms with Gasteiger partial charge in [0.1, 0.15) is 12.1 Å². The molecule has 0 amide bonds. The van der Waals surface area contributed by atoms with Crippen LogP contribution in [0.25, 0.3) is 22.6 Å². The summed E-state index contributed by atoms with van der Waals surface area (Å²) in [6, 6.07) is 15.3. The molecule has 0 saturated carbocycles. The molecule has 134 valence electrons. The van der Waals surface area contributed by atoms with Crippen molar-refractivity contribution < 1.29 is 22.4 Å². The molecule has 0 spiro atoms. The number of benzene rings is 2. The van der Waals surface area contributed by atoms with E-state index in [4.69, 9.17) is 9.56 Å². The van der Waals surface area contributed by atoms with Crippen LogP contribution >= 0.6 is 0 Å². The lowest BCUT2D eigenvalue weighted by atomic mass is 10.1. The fourth-order valence-electron chi connectivity index (χ4n) is 2.42. The minimum absolute atomic E-state index is 0.000732. The zero-order valence-corrected chi connectivity index (χ0v) is 14.7. The van der Waals surface area contributed by atoms with Gasteiger partial charge in [-0.25, -0.2) is 18.5 Å². The summed E-state index contributed by atoms with van der Waals surface area (Å²) in [5, 5.41) is 5.13. The molecule has 0 aliphatic heterocycles. The molecule has 0 bridgehead atoms. The molecule has 0 unspecified atom stereocenters. The highest BCUT2D eigenvalue weighted by molar-refractivity contribution is 7.89. The molecule has 7 nitrogen and oxygen atoms in total. The standard InChI is InChI=1S/C18H16N2O5S/c1-24-16(21)11-15-20-17(18(25-15)13-5-3-2-4-6-13)12-7-9-14(10-8-12)26(19,22)23/h2-10H,11H2,1H3,(H2,19,22,23). The first-order valence-electron chi connectivity index (χ1n) is 7.63. The molecule has 0 radical (unpaired) electrons. The predicted octanol–water partition coefficient (Wildman–Crippen LogP) is 2.37. The highest BCUT2D eigenvalue weighted by atomic mass is 32.2. The highest BCUT2D eigenvalue weighted by Gasteiger charge is 2.19. The fraction of sp³-hybridized carbons (Fsp3) is 0.111. The topological polar surface area (TPSA) is 112 Å². The number of nitrogens with zero attached hydrogens (tertiary/aromatic N) is 1. The molecule has 0 fully saturated rings. The lowest BCUT2D eigenvalue weighted by molar-refractivity contribution is -0.140. The summed E-state index contributed by atoms with van der Waals surface area (Å²) in [7, 11) is -2.50. The Labute approximate surface area is 150 Å². The summed E-state index contributed by atoms with van der Waals surface area (Å²) in [6.45, 7) is 0. The van der Waals surface area contributed by atoms with Crippen molar-refractivity contribution in [2.24, 2.45) is 5.14 Å². The van der Waals surface area contributed by atoms with Crippen LogP contribution in [0.3, 0.4) is 0 Å². The van der Waals surface area contributed by atoms with E-state index in [1.54, 1.807) is 12.1 Å². The van der Waals surface area contributed by atoms with Crippen LogP contribution in [0.2, 0.25) is 0 Å². The van der Waals surface area contributed by atoms with Gasteiger partial charge in [0.15, 0.2) is 5.76 Å². The van der Waals surface area contributed by atoms with Gasteiger partial charge >= 0.3 is 5.97 Å². The quantitative estimate of drug-likeness (QED) is 0.688. The van der Waals surface area contributed by atoms with Gasteiger partial charge in [0.05, 0.1) is 12.0 Å². The maximum Gasteiger partial charge on any atom is 0.314 e. The summed E-state index contributed by atoms with van der Waals surface area (Å²) in [5.74, 6) is 0.219. The average Bonchev–Trinajstić information content (AvgIpc) is 3.05. The molecule has 0 saturated heterocycles. The van der Waals surface area contributed by atoms with E-state index in [2.05, 4.69) is 9.72 Å². The van der Waals surface area contributed by atoms with Gasteiger partial charge in [0.25, 0.3) is 0 Å². The van der Waals surface area contributed by atoms with Gasteiger partial charge in [-0.05, 0) is 12.1 Å². The Morgan fingerprint density at radius 1 is 1.08 bits per heavy atom. The normalized spacial score (nSPS) is 11.3. The summed E-state index contributed by atoms with van der Waals surface area (Å²) in [5.41, 5.74) is 1.91. The second kappa shape index (κ2) is 7.11. The first kappa shape index (κ1) is 17.8. The number of hydrogen-bond donors (Lipinski definition) is 1. The van der Waals surface area contributed by atoms with Crippen molar-refractivity contribution in [3.63, 3.8) is 0 Å². The third kappa shape index (κ3) is 3.81. The summed E-state index contributed by atoms with van der Waals surface area (Å²) in [4.78, 5) is 15.9. The monoisotopic (exact) mass is 372 g/mol. The number of esters is 1. The van der Waals surface area contributed by atoms with Crippen LogP contribution in [0, 0.1) is 0 Å². The van der Waals surface area contributed by atoms with Gasteiger partial charge in [-0.3, -0.25) is 4.79 Å². The van der Waals surface area contributed by atoms with E-state index in [0.717, 1.165) is 5.56 Å². The minimum atomic E-state index is -3.78. The predicted molar refractivity (Wildman–Crippen MR) is 94.5 cm³/mol. The lowest BCUT2D eigenvalue weighted by Gasteiger charge is -2.03. The second-order valence-electron chi connectivity index (χ2n) is 5.47. The van der Waals surface area contributed by atoms with Gasteiger partial charge in [0.2, 0.25) is 15.9 Å². The molecule has 0 aliphatic carbocycles. The van der Waals surface area contributed by atoms with Gasteiger partial charge in [-0.2, -0.15) is 0 Å². The largest absolute Gasteiger partial charge is 0.469 e. The van der Waals surface area contributed by atoms with E-state index in [9.17, 15) is 13.2 Å². The van der Waals surface area contributed by atoms with Crippen molar-refractivity contribution in [2.45, 2.75) is 11.3 Å². The van der Waals surface area contributed by atoms with Crippen molar-refractivity contribution in [3.8, 4) is 22.6 Å². The van der Waals surface area contributed by atoms with E-state index in [-0.39, 0.29) is 17.2 Å². The Kier molecular flexibility index (Phi) is 4.88. The minimum Gasteiger partial charge on any atom is -0.469 e. The second-order valence-corrected chi connectivity index (χ2v) is 7.04. The molecule has 2 N–H and O–H groups in total. The molecule has 0 atom stereocenters. The number of rotatable bonds is 5. The molecule has 3 aromatic rings. The molecule has 1 heterocycles. The zero-order valence-electron chi connectivity index (χ0n) is 13.9. The first-order chi connectivity index (χ1) is 12.4. The van der Waals surface area contributed by atoms with Crippen molar-refractivity contribution in [1.29, 1.82) is 0 Å². The summed E-state index contributed by atoms with van der Waals surface area (Å²) < 4.78 is 33.3. The Balaban J connectivity index is 2.08. The zero-order chi connectivity index (χ0) is 18.7. The smallest absolute Gasteiger partial charge is 0.314 e. The maximum atomic E-state index is 11.5. The Hall–Kier alpha value is -2.97. The number of methoxy groups -OCH3 is 1. The SMILES string of the molecule is COC(=O)Cc1nc(-c2ccc(S(N)(=O)=O)cc2)c(-c2ccccc2)o1. The third-order valence-electron chi connectivity index (χ3n) is 3.69. The van der Waals surface area contributed by atoms with Gasteiger partial charge in [0, 0.05) is 11.1 Å². The van der Waals surface area contributed by atoms with Crippen LogP contribution in [-0.2, 0) is 26.0 Å². The number of primary sulfonamides is 1. The number of carbonyl (C=O) groups excluding carboxylic acids is 1. The van der Waals surface area contributed by atoms with E-state index >= 15 is 0 Å². The van der Waals surface area contributed by atoms with Crippen molar-refractivity contribution in [1.82, 2.24) is 4.98 Å². The number of aromatic nitrogens is 1. The third-order valence-corrected chi connectivity index (χ3v) is 4.62. The van der Waals surface area contributed by atoms with E-state index in [1.165, 1.54) is 19.2 Å². The molecule has 2 aromatic carbocycles. The van der Waals surface area contributed by atoms with Crippen LogP contribution in [0.1, 0.15) is 5.89 Å². The Morgan fingerprint density at radius 3 is 2.31 bits per heavy atom.